The van der Waals surface area contributed by atoms with Crippen LogP contribution in [0.4, 0.5) is 0 Å². The lowest BCUT2D eigenvalue weighted by Crippen LogP contribution is -2.28. The highest BCUT2D eigenvalue weighted by Crippen LogP contribution is 2.30. The van der Waals surface area contributed by atoms with Crippen molar-refractivity contribution in [3.05, 3.63) is 0 Å². The highest BCUT2D eigenvalue weighted by atomic mass is 16.5. The summed E-state index contributed by atoms with van der Waals surface area (Å²) in [6.45, 7) is 5.10. The van der Waals surface area contributed by atoms with Gasteiger partial charge in [0.2, 0.25) is 0 Å². The van der Waals surface area contributed by atoms with Crippen molar-refractivity contribution in [3.63, 3.8) is 0 Å². The Morgan fingerprint density at radius 1 is 0.774 bits per heavy atom. The van der Waals surface area contributed by atoms with E-state index in [-0.39, 0.29) is 17.8 Å². The number of hydrogen-bond donors (Lipinski definition) is 1. The van der Waals surface area contributed by atoms with Gasteiger partial charge in [0.25, 0.3) is 0 Å². The Labute approximate surface area is 191 Å². The molecule has 0 aromatic heterocycles. The summed E-state index contributed by atoms with van der Waals surface area (Å²) in [5, 5.41) is 9.14. The first kappa shape index (κ1) is 28.0. The number of ether oxygens (including phenoxy) is 1. The van der Waals surface area contributed by atoms with Gasteiger partial charge in [0.1, 0.15) is 0 Å². The molecule has 3 unspecified atom stereocenters. The summed E-state index contributed by atoms with van der Waals surface area (Å²) in [5.41, 5.74) is 0. The first-order valence-corrected chi connectivity index (χ1v) is 13.5. The molecule has 1 aliphatic carbocycles. The molecule has 1 fully saturated rings. The Balaban J connectivity index is 1.94. The minimum Gasteiger partial charge on any atom is -0.481 e. The zero-order valence-electron chi connectivity index (χ0n) is 20.5. The SMILES string of the molecule is CCCCCC(CCC)CCCCCCCCCCOC(=O)C1CCCC(C(=O)O)C1. The predicted octanol–water partition coefficient (Wildman–Crippen LogP) is 7.93. The van der Waals surface area contributed by atoms with Crippen LogP contribution in [-0.2, 0) is 14.3 Å². The molecule has 0 amide bonds. The molecule has 31 heavy (non-hydrogen) atoms. The van der Waals surface area contributed by atoms with Gasteiger partial charge in [0, 0.05) is 0 Å². The van der Waals surface area contributed by atoms with Crippen LogP contribution in [0.25, 0.3) is 0 Å². The normalized spacial score (nSPS) is 19.8. The molecule has 1 rings (SSSR count). The van der Waals surface area contributed by atoms with Crippen molar-refractivity contribution in [1.82, 2.24) is 0 Å². The Morgan fingerprint density at radius 3 is 1.97 bits per heavy atom. The smallest absolute Gasteiger partial charge is 0.308 e. The van der Waals surface area contributed by atoms with Gasteiger partial charge in [-0.05, 0) is 31.6 Å². The first-order valence-electron chi connectivity index (χ1n) is 13.5. The highest BCUT2D eigenvalue weighted by Gasteiger charge is 2.31. The van der Waals surface area contributed by atoms with E-state index >= 15 is 0 Å². The van der Waals surface area contributed by atoms with Crippen LogP contribution in [0.3, 0.4) is 0 Å². The maximum atomic E-state index is 12.1. The summed E-state index contributed by atoms with van der Waals surface area (Å²) in [5.74, 6) is -0.571. The molecule has 0 aromatic rings. The summed E-state index contributed by atoms with van der Waals surface area (Å²) >= 11 is 0. The van der Waals surface area contributed by atoms with E-state index in [4.69, 9.17) is 9.84 Å². The van der Waals surface area contributed by atoms with E-state index < -0.39 is 5.97 Å². The minimum atomic E-state index is -0.773. The molecule has 0 heterocycles. The van der Waals surface area contributed by atoms with Crippen LogP contribution in [0, 0.1) is 17.8 Å². The third-order valence-corrected chi connectivity index (χ3v) is 7.02. The molecule has 0 aromatic carbocycles. The van der Waals surface area contributed by atoms with Crippen LogP contribution >= 0.6 is 0 Å². The molecule has 0 bridgehead atoms. The number of carbonyl (C=O) groups is 2. The van der Waals surface area contributed by atoms with Crippen LogP contribution in [0.2, 0.25) is 0 Å². The van der Waals surface area contributed by atoms with Crippen molar-refractivity contribution in [2.75, 3.05) is 6.61 Å². The molecule has 1 aliphatic rings. The summed E-state index contributed by atoms with van der Waals surface area (Å²) in [6, 6.07) is 0. The lowest BCUT2D eigenvalue weighted by atomic mass is 9.81. The maximum absolute atomic E-state index is 12.1. The van der Waals surface area contributed by atoms with Gasteiger partial charge in [-0.2, -0.15) is 0 Å². The molecule has 4 nitrogen and oxygen atoms in total. The molecular weight excluding hydrogens is 388 g/mol. The molecule has 1 N–H and O–H groups in total. The van der Waals surface area contributed by atoms with Gasteiger partial charge in [-0.15, -0.1) is 0 Å². The largest absolute Gasteiger partial charge is 0.481 e. The second-order valence-corrected chi connectivity index (χ2v) is 9.83. The number of esters is 1. The number of carbonyl (C=O) groups excluding carboxylic acids is 1. The number of carboxylic acid groups (broad SMARTS) is 1. The number of aliphatic carboxylic acids is 1. The van der Waals surface area contributed by atoms with Gasteiger partial charge in [-0.3, -0.25) is 9.59 Å². The van der Waals surface area contributed by atoms with Crippen molar-refractivity contribution in [2.24, 2.45) is 17.8 Å². The molecule has 1 saturated carbocycles. The standard InChI is InChI=1S/C27H50O4/c1-3-5-12-17-23(16-4-2)18-13-10-8-6-7-9-11-14-21-31-27(30)25-20-15-19-24(22-25)26(28)29/h23-25H,3-22H2,1-2H3,(H,28,29). The Kier molecular flexibility index (Phi) is 16.7. The van der Waals surface area contributed by atoms with E-state index in [1.165, 1.54) is 83.5 Å². The van der Waals surface area contributed by atoms with E-state index in [1.54, 1.807) is 0 Å². The summed E-state index contributed by atoms with van der Waals surface area (Å²) < 4.78 is 5.41. The van der Waals surface area contributed by atoms with Crippen molar-refractivity contribution < 1.29 is 19.4 Å². The predicted molar refractivity (Wildman–Crippen MR) is 128 cm³/mol. The Bertz CT molecular complexity index is 462. The van der Waals surface area contributed by atoms with Gasteiger partial charge in [-0.1, -0.05) is 110 Å². The van der Waals surface area contributed by atoms with Crippen molar-refractivity contribution in [3.8, 4) is 0 Å². The van der Waals surface area contributed by atoms with Crippen molar-refractivity contribution in [2.45, 2.75) is 136 Å². The molecular formula is C27H50O4. The van der Waals surface area contributed by atoms with E-state index in [2.05, 4.69) is 13.8 Å². The highest BCUT2D eigenvalue weighted by molar-refractivity contribution is 5.75. The minimum absolute atomic E-state index is 0.179. The quantitative estimate of drug-likeness (QED) is 0.164. The maximum Gasteiger partial charge on any atom is 0.308 e. The summed E-state index contributed by atoms with van der Waals surface area (Å²) in [6.07, 6.45) is 22.5. The van der Waals surface area contributed by atoms with Crippen LogP contribution in [0.5, 0.6) is 0 Å². The van der Waals surface area contributed by atoms with Crippen LogP contribution in [-0.4, -0.2) is 23.7 Å². The van der Waals surface area contributed by atoms with Gasteiger partial charge in [-0.25, -0.2) is 0 Å². The topological polar surface area (TPSA) is 63.6 Å². The molecule has 4 heteroatoms. The Morgan fingerprint density at radius 2 is 1.35 bits per heavy atom. The first-order chi connectivity index (χ1) is 15.1. The van der Waals surface area contributed by atoms with E-state index in [9.17, 15) is 9.59 Å². The monoisotopic (exact) mass is 438 g/mol. The lowest BCUT2D eigenvalue weighted by Gasteiger charge is -2.25. The van der Waals surface area contributed by atoms with Gasteiger partial charge >= 0.3 is 11.9 Å². The third-order valence-electron chi connectivity index (χ3n) is 7.02. The third kappa shape index (κ3) is 13.9. The second-order valence-electron chi connectivity index (χ2n) is 9.83. The molecule has 3 atom stereocenters. The average molecular weight is 439 g/mol. The lowest BCUT2D eigenvalue weighted by molar-refractivity contribution is -0.152. The van der Waals surface area contributed by atoms with E-state index in [1.807, 2.05) is 0 Å². The molecule has 0 aliphatic heterocycles. The molecule has 0 spiro atoms. The fourth-order valence-electron chi connectivity index (χ4n) is 5.04. The molecule has 0 radical (unpaired) electrons. The number of hydrogen-bond acceptors (Lipinski definition) is 3. The fourth-order valence-corrected chi connectivity index (χ4v) is 5.04. The number of unbranched alkanes of at least 4 members (excludes halogenated alkanes) is 9. The average Bonchev–Trinajstić information content (AvgIpc) is 2.77. The van der Waals surface area contributed by atoms with Gasteiger partial charge < -0.3 is 9.84 Å². The van der Waals surface area contributed by atoms with Crippen LogP contribution in [0.1, 0.15) is 136 Å². The second kappa shape index (κ2) is 18.5. The van der Waals surface area contributed by atoms with Crippen LogP contribution in [0.15, 0.2) is 0 Å². The van der Waals surface area contributed by atoms with Crippen LogP contribution < -0.4 is 0 Å². The summed E-state index contributed by atoms with van der Waals surface area (Å²) in [7, 11) is 0. The van der Waals surface area contributed by atoms with Gasteiger partial charge in [0.15, 0.2) is 0 Å². The van der Waals surface area contributed by atoms with Gasteiger partial charge in [0.05, 0.1) is 18.4 Å². The molecule has 182 valence electrons. The van der Waals surface area contributed by atoms with E-state index in [0.717, 1.165) is 31.6 Å². The van der Waals surface area contributed by atoms with Crippen molar-refractivity contribution >= 4 is 11.9 Å². The zero-order chi connectivity index (χ0) is 22.7. The van der Waals surface area contributed by atoms with Crippen molar-refractivity contribution in [1.29, 1.82) is 0 Å². The number of rotatable bonds is 19. The summed E-state index contributed by atoms with van der Waals surface area (Å²) in [4.78, 5) is 23.3. The Hall–Kier alpha value is -1.06. The molecule has 0 saturated heterocycles. The fraction of sp³-hybridized carbons (Fsp3) is 0.926. The number of carboxylic acids is 1. The van der Waals surface area contributed by atoms with E-state index in [0.29, 0.717) is 19.4 Å². The zero-order valence-corrected chi connectivity index (χ0v) is 20.5.